The number of hydrogen-bond donors (Lipinski definition) is 2. The third-order valence-corrected chi connectivity index (χ3v) is 4.75. The van der Waals surface area contributed by atoms with Gasteiger partial charge in [-0.15, -0.1) is 0 Å². The van der Waals surface area contributed by atoms with Gasteiger partial charge in [-0.25, -0.2) is 0 Å². The summed E-state index contributed by atoms with van der Waals surface area (Å²) in [5.74, 6) is -1.83. The first-order valence-corrected chi connectivity index (χ1v) is 8.68. The van der Waals surface area contributed by atoms with Crippen molar-refractivity contribution >= 4 is 29.2 Å². The van der Waals surface area contributed by atoms with Crippen LogP contribution in [0.3, 0.4) is 0 Å². The van der Waals surface area contributed by atoms with Crippen LogP contribution in [0.5, 0.6) is 0 Å². The van der Waals surface area contributed by atoms with Crippen LogP contribution in [0.15, 0.2) is 24.3 Å². The molecule has 1 aromatic carbocycles. The van der Waals surface area contributed by atoms with Crippen molar-refractivity contribution in [3.8, 4) is 0 Å². The van der Waals surface area contributed by atoms with Crippen LogP contribution >= 0.6 is 0 Å². The first-order chi connectivity index (χ1) is 12.0. The molecule has 2 N–H and O–H groups in total. The van der Waals surface area contributed by atoms with E-state index < -0.39 is 11.9 Å². The van der Waals surface area contributed by atoms with Crippen molar-refractivity contribution in [1.82, 2.24) is 4.90 Å². The van der Waals surface area contributed by atoms with Gasteiger partial charge in [0, 0.05) is 24.3 Å². The average Bonchev–Trinajstić information content (AvgIpc) is 2.98. The molecule has 0 bridgehead atoms. The van der Waals surface area contributed by atoms with E-state index in [4.69, 9.17) is 5.11 Å². The number of rotatable bonds is 5. The predicted molar refractivity (Wildman–Crippen MR) is 93.5 cm³/mol. The third-order valence-electron chi connectivity index (χ3n) is 4.75. The van der Waals surface area contributed by atoms with Crippen molar-refractivity contribution in [3.05, 3.63) is 24.3 Å². The van der Waals surface area contributed by atoms with Crippen molar-refractivity contribution < 1.29 is 19.5 Å². The lowest BCUT2D eigenvalue weighted by Crippen LogP contribution is -2.36. The fraction of sp³-hybridized carbons (Fsp3) is 0.500. The zero-order valence-corrected chi connectivity index (χ0v) is 14.1. The van der Waals surface area contributed by atoms with Crippen LogP contribution in [0, 0.1) is 5.92 Å². The maximum atomic E-state index is 12.1. The van der Waals surface area contributed by atoms with Crippen LogP contribution in [-0.4, -0.2) is 54.0 Å². The number of benzene rings is 1. The Hall–Kier alpha value is -2.41. The fourth-order valence-corrected chi connectivity index (χ4v) is 3.37. The second-order valence-corrected chi connectivity index (χ2v) is 6.68. The lowest BCUT2D eigenvalue weighted by Gasteiger charge is -2.25. The fourth-order valence-electron chi connectivity index (χ4n) is 3.37. The van der Waals surface area contributed by atoms with Gasteiger partial charge in [-0.3, -0.25) is 19.3 Å². The minimum Gasteiger partial charge on any atom is -0.481 e. The van der Waals surface area contributed by atoms with Gasteiger partial charge in [0.05, 0.1) is 12.5 Å². The number of carboxylic acid groups (broad SMARTS) is 1. The monoisotopic (exact) mass is 345 g/mol. The Morgan fingerprint density at radius 3 is 2.40 bits per heavy atom. The number of carboxylic acids is 1. The predicted octanol–water partition coefficient (Wildman–Crippen LogP) is 1.55. The second kappa shape index (κ2) is 7.65. The first kappa shape index (κ1) is 17.4. The van der Waals surface area contributed by atoms with Crippen molar-refractivity contribution in [1.29, 1.82) is 0 Å². The van der Waals surface area contributed by atoms with Crippen LogP contribution in [0.2, 0.25) is 0 Å². The van der Waals surface area contributed by atoms with Crippen molar-refractivity contribution in [2.24, 2.45) is 5.92 Å². The van der Waals surface area contributed by atoms with E-state index in [0.29, 0.717) is 17.9 Å². The molecular formula is C18H23N3O4. The Bertz CT molecular complexity index is 653. The van der Waals surface area contributed by atoms with Crippen LogP contribution in [0.1, 0.15) is 25.7 Å². The largest absolute Gasteiger partial charge is 0.481 e. The number of anilines is 2. The van der Waals surface area contributed by atoms with Crippen LogP contribution < -0.4 is 10.2 Å². The van der Waals surface area contributed by atoms with Gasteiger partial charge in [0.15, 0.2) is 0 Å². The van der Waals surface area contributed by atoms with Gasteiger partial charge < -0.3 is 15.3 Å². The van der Waals surface area contributed by atoms with Crippen LogP contribution in [0.4, 0.5) is 11.4 Å². The Morgan fingerprint density at radius 2 is 1.80 bits per heavy atom. The number of aliphatic carboxylic acids is 1. The van der Waals surface area contributed by atoms with E-state index in [1.807, 2.05) is 0 Å². The number of carbonyl (C=O) groups excluding carboxylic acids is 2. The normalized spacial score (nSPS) is 21.4. The molecule has 0 aliphatic carbocycles. The van der Waals surface area contributed by atoms with Crippen LogP contribution in [0.25, 0.3) is 0 Å². The molecule has 3 rings (SSSR count). The highest BCUT2D eigenvalue weighted by molar-refractivity contribution is 5.99. The minimum absolute atomic E-state index is 0.0314. The second-order valence-electron chi connectivity index (χ2n) is 6.68. The molecule has 2 saturated heterocycles. The van der Waals surface area contributed by atoms with E-state index in [2.05, 4.69) is 10.2 Å². The molecule has 25 heavy (non-hydrogen) atoms. The zero-order valence-electron chi connectivity index (χ0n) is 14.1. The molecule has 0 saturated carbocycles. The number of nitrogens with zero attached hydrogens (tertiary/aromatic N) is 2. The number of piperidine rings is 1. The molecule has 1 atom stereocenters. The Labute approximate surface area is 146 Å². The molecule has 0 spiro atoms. The summed E-state index contributed by atoms with van der Waals surface area (Å²) >= 11 is 0. The molecule has 134 valence electrons. The smallest absolute Gasteiger partial charge is 0.308 e. The van der Waals surface area contributed by atoms with E-state index in [0.717, 1.165) is 25.9 Å². The first-order valence-electron chi connectivity index (χ1n) is 8.68. The van der Waals surface area contributed by atoms with Gasteiger partial charge in [-0.05, 0) is 50.2 Å². The van der Waals surface area contributed by atoms with Crippen molar-refractivity contribution in [3.63, 3.8) is 0 Å². The maximum Gasteiger partial charge on any atom is 0.308 e. The van der Waals surface area contributed by atoms with Crippen molar-refractivity contribution in [2.45, 2.75) is 25.7 Å². The lowest BCUT2D eigenvalue weighted by atomic mass is 10.1. The standard InChI is InChI=1S/C18H23N3O4/c22-16(12-20-8-2-1-3-9-20)19-14-4-6-15(7-5-14)21-11-13(18(24)25)10-17(21)23/h4-7,13H,1-3,8-12H2,(H,19,22)(H,24,25)/t13-/m0/s1. The molecule has 7 nitrogen and oxygen atoms in total. The summed E-state index contributed by atoms with van der Waals surface area (Å²) in [5.41, 5.74) is 1.33. The number of amides is 2. The minimum atomic E-state index is -0.947. The molecule has 2 amide bonds. The van der Waals surface area contributed by atoms with Gasteiger partial charge in [0.1, 0.15) is 0 Å². The molecule has 1 aromatic rings. The molecule has 0 aromatic heterocycles. The van der Waals surface area contributed by atoms with E-state index in [1.165, 1.54) is 11.3 Å². The molecule has 2 fully saturated rings. The zero-order chi connectivity index (χ0) is 17.8. The molecule has 2 heterocycles. The van der Waals surface area contributed by atoms with Gasteiger partial charge in [0.25, 0.3) is 0 Å². The summed E-state index contributed by atoms with van der Waals surface area (Å²) < 4.78 is 0. The number of hydrogen-bond acceptors (Lipinski definition) is 4. The Kier molecular flexibility index (Phi) is 5.33. The van der Waals surface area contributed by atoms with Crippen molar-refractivity contribution in [2.75, 3.05) is 36.4 Å². The molecule has 0 radical (unpaired) electrons. The summed E-state index contributed by atoms with van der Waals surface area (Å²) in [6.07, 6.45) is 3.55. The third kappa shape index (κ3) is 4.36. The number of likely N-dealkylation sites (tertiary alicyclic amines) is 1. The van der Waals surface area contributed by atoms with E-state index in [9.17, 15) is 14.4 Å². The summed E-state index contributed by atoms with van der Waals surface area (Å²) in [7, 11) is 0. The molecule has 2 aliphatic heterocycles. The van der Waals surface area contributed by atoms with Gasteiger partial charge >= 0.3 is 5.97 Å². The van der Waals surface area contributed by atoms with Crippen LogP contribution in [-0.2, 0) is 14.4 Å². The lowest BCUT2D eigenvalue weighted by molar-refractivity contribution is -0.141. The summed E-state index contributed by atoms with van der Waals surface area (Å²) in [6.45, 7) is 2.52. The van der Waals surface area contributed by atoms with Gasteiger partial charge in [-0.2, -0.15) is 0 Å². The molecule has 0 unspecified atom stereocenters. The maximum absolute atomic E-state index is 12.1. The topological polar surface area (TPSA) is 90.0 Å². The van der Waals surface area contributed by atoms with Gasteiger partial charge in [-0.1, -0.05) is 6.42 Å². The summed E-state index contributed by atoms with van der Waals surface area (Å²) in [6, 6.07) is 6.95. The summed E-state index contributed by atoms with van der Waals surface area (Å²) in [4.78, 5) is 38.7. The molecule has 2 aliphatic rings. The average molecular weight is 345 g/mol. The van der Waals surface area contributed by atoms with Gasteiger partial charge in [0.2, 0.25) is 11.8 Å². The quantitative estimate of drug-likeness (QED) is 0.845. The number of nitrogens with one attached hydrogen (secondary N) is 1. The van der Waals surface area contributed by atoms with E-state index >= 15 is 0 Å². The summed E-state index contributed by atoms with van der Waals surface area (Å²) in [5, 5.41) is 11.9. The highest BCUT2D eigenvalue weighted by Gasteiger charge is 2.34. The highest BCUT2D eigenvalue weighted by atomic mass is 16.4. The molecular weight excluding hydrogens is 322 g/mol. The SMILES string of the molecule is O=C(CN1CCCCC1)Nc1ccc(N2C[C@@H](C(=O)O)CC2=O)cc1. The molecule has 7 heteroatoms. The van der Waals surface area contributed by atoms with E-state index in [-0.39, 0.29) is 24.8 Å². The Balaban J connectivity index is 1.56. The highest BCUT2D eigenvalue weighted by Crippen LogP contribution is 2.26. The number of carbonyl (C=O) groups is 3. The van der Waals surface area contributed by atoms with E-state index in [1.54, 1.807) is 24.3 Å². The Morgan fingerprint density at radius 1 is 1.12 bits per heavy atom.